The number of nitrogens with zero attached hydrogens (tertiary/aromatic N) is 2. The lowest BCUT2D eigenvalue weighted by atomic mass is 10.00. The van der Waals surface area contributed by atoms with Gasteiger partial charge < -0.3 is 30.1 Å². The fraction of sp³-hybridized carbons (Fsp3) is 0.417. The van der Waals surface area contributed by atoms with Crippen LogP contribution in [0, 0.1) is 0 Å². The Morgan fingerprint density at radius 3 is 1.38 bits per heavy atom. The van der Waals surface area contributed by atoms with Crippen molar-refractivity contribution in [1.29, 1.82) is 0 Å². The molecule has 2 aromatic rings. The summed E-state index contributed by atoms with van der Waals surface area (Å²) < 4.78 is 10.3. The van der Waals surface area contributed by atoms with E-state index in [1.807, 2.05) is 0 Å². The monoisotopic (exact) mass is 444 g/mol. The molecule has 4 N–H and O–H groups in total. The summed E-state index contributed by atoms with van der Waals surface area (Å²) in [6.07, 6.45) is 6.70. The third-order valence-corrected chi connectivity index (χ3v) is 5.35. The molecule has 8 heteroatoms. The van der Waals surface area contributed by atoms with Crippen LogP contribution in [0.3, 0.4) is 0 Å². The summed E-state index contributed by atoms with van der Waals surface area (Å²) in [6, 6.07) is 9.66. The Hall–Kier alpha value is -3.42. The van der Waals surface area contributed by atoms with E-state index < -0.39 is 0 Å². The van der Waals surface area contributed by atoms with E-state index in [2.05, 4.69) is 10.3 Å². The highest BCUT2D eigenvalue weighted by Gasteiger charge is 2.12. The van der Waals surface area contributed by atoms with Crippen molar-refractivity contribution < 1.29 is 30.1 Å². The molecule has 2 aromatic carbocycles. The molecule has 32 heavy (non-hydrogen) atoms. The maximum absolute atomic E-state index is 10.0. The molecule has 0 saturated carbocycles. The van der Waals surface area contributed by atoms with E-state index in [1.54, 1.807) is 38.5 Å². The Bertz CT molecular complexity index is 851. The van der Waals surface area contributed by atoms with Gasteiger partial charge in [0.15, 0.2) is 0 Å². The van der Waals surface area contributed by atoms with Crippen LogP contribution in [0.25, 0.3) is 0 Å². The van der Waals surface area contributed by atoms with Crippen molar-refractivity contribution in [3.05, 3.63) is 47.5 Å². The number of hydrogen-bond donors (Lipinski definition) is 4. The molecule has 0 bridgehead atoms. The van der Waals surface area contributed by atoms with Crippen molar-refractivity contribution in [3.8, 4) is 23.0 Å². The van der Waals surface area contributed by atoms with Crippen molar-refractivity contribution in [2.24, 2.45) is 10.3 Å². The van der Waals surface area contributed by atoms with Crippen LogP contribution in [0.1, 0.15) is 62.5 Å². The predicted octanol–water partition coefficient (Wildman–Crippen LogP) is 5.29. The Labute approximate surface area is 188 Å². The average molecular weight is 445 g/mol. The van der Waals surface area contributed by atoms with Crippen LogP contribution in [0.2, 0.25) is 0 Å². The van der Waals surface area contributed by atoms with Gasteiger partial charge in [0.25, 0.3) is 0 Å². The van der Waals surface area contributed by atoms with E-state index in [4.69, 9.17) is 9.47 Å². The SMILES string of the molecule is COc1ccc(O)c(/C(CCCCCCCC/C(=N/O)c2cc(OC)ccc2O)=N\O)c1. The lowest BCUT2D eigenvalue weighted by Gasteiger charge is -2.10. The molecule has 0 aromatic heterocycles. The molecule has 2 rings (SSSR count). The number of oxime groups is 2. The number of rotatable bonds is 13. The smallest absolute Gasteiger partial charge is 0.125 e. The van der Waals surface area contributed by atoms with E-state index in [9.17, 15) is 20.6 Å². The summed E-state index contributed by atoms with van der Waals surface area (Å²) in [5.74, 6) is 1.29. The lowest BCUT2D eigenvalue weighted by molar-refractivity contribution is 0.317. The third-order valence-electron chi connectivity index (χ3n) is 5.35. The van der Waals surface area contributed by atoms with Gasteiger partial charge in [-0.2, -0.15) is 0 Å². The van der Waals surface area contributed by atoms with Crippen LogP contribution >= 0.6 is 0 Å². The summed E-state index contributed by atoms with van der Waals surface area (Å²) >= 11 is 0. The predicted molar refractivity (Wildman–Crippen MR) is 123 cm³/mol. The number of aromatic hydroxyl groups is 2. The van der Waals surface area contributed by atoms with E-state index >= 15 is 0 Å². The topological polar surface area (TPSA) is 124 Å². The van der Waals surface area contributed by atoms with Gasteiger partial charge in [0.1, 0.15) is 23.0 Å². The maximum Gasteiger partial charge on any atom is 0.125 e. The molecule has 0 heterocycles. The molecule has 0 radical (unpaired) electrons. The minimum atomic E-state index is 0.0574. The Morgan fingerprint density at radius 1 is 0.656 bits per heavy atom. The Kier molecular flexibility index (Phi) is 10.2. The van der Waals surface area contributed by atoms with Gasteiger partial charge in [-0.3, -0.25) is 0 Å². The molecule has 0 aliphatic rings. The van der Waals surface area contributed by atoms with Gasteiger partial charge >= 0.3 is 0 Å². The molecule has 174 valence electrons. The number of hydrogen-bond acceptors (Lipinski definition) is 8. The third kappa shape index (κ3) is 7.08. The van der Waals surface area contributed by atoms with Crippen LogP contribution in [-0.2, 0) is 0 Å². The Balaban J connectivity index is 1.71. The van der Waals surface area contributed by atoms with E-state index in [-0.39, 0.29) is 11.5 Å². The number of phenolic OH excluding ortho intramolecular Hbond substituents is 2. The molecule has 8 nitrogen and oxygen atoms in total. The zero-order valence-corrected chi connectivity index (χ0v) is 18.6. The van der Waals surface area contributed by atoms with E-state index in [0.717, 1.165) is 38.5 Å². The molecular formula is C24H32N2O6. The largest absolute Gasteiger partial charge is 0.507 e. The second-order valence-electron chi connectivity index (χ2n) is 7.48. The van der Waals surface area contributed by atoms with Gasteiger partial charge in [0.2, 0.25) is 0 Å². The van der Waals surface area contributed by atoms with E-state index in [0.29, 0.717) is 46.9 Å². The maximum atomic E-state index is 10.0. The van der Waals surface area contributed by atoms with Gasteiger partial charge in [-0.1, -0.05) is 36.0 Å². The first-order chi connectivity index (χ1) is 15.5. The second-order valence-corrected chi connectivity index (χ2v) is 7.48. The summed E-state index contributed by atoms with van der Waals surface area (Å²) in [7, 11) is 3.08. The normalized spacial score (nSPS) is 12.1. The van der Waals surface area contributed by atoms with Crippen molar-refractivity contribution in [2.75, 3.05) is 14.2 Å². The van der Waals surface area contributed by atoms with E-state index in [1.165, 1.54) is 12.1 Å². The zero-order chi connectivity index (χ0) is 23.3. The van der Waals surface area contributed by atoms with Gasteiger partial charge in [-0.25, -0.2) is 0 Å². The van der Waals surface area contributed by atoms with Gasteiger partial charge in [-0.15, -0.1) is 0 Å². The molecule has 0 aliphatic heterocycles. The molecule has 0 atom stereocenters. The van der Waals surface area contributed by atoms with Gasteiger partial charge in [0.05, 0.1) is 25.6 Å². The molecule has 0 amide bonds. The summed E-state index contributed by atoms with van der Waals surface area (Å²) in [5.41, 5.74) is 1.82. The quantitative estimate of drug-likeness (QED) is 0.144. The summed E-state index contributed by atoms with van der Waals surface area (Å²) in [5, 5.41) is 45.4. The van der Waals surface area contributed by atoms with Gasteiger partial charge in [-0.05, 0) is 62.1 Å². The molecular weight excluding hydrogens is 412 g/mol. The van der Waals surface area contributed by atoms with Crippen LogP contribution in [0.5, 0.6) is 23.0 Å². The molecule has 0 spiro atoms. The lowest BCUT2D eigenvalue weighted by Crippen LogP contribution is -2.03. The number of ether oxygens (including phenoxy) is 2. The number of phenols is 2. The van der Waals surface area contributed by atoms with Gasteiger partial charge in [0, 0.05) is 11.1 Å². The highest BCUT2D eigenvalue weighted by atomic mass is 16.5. The summed E-state index contributed by atoms with van der Waals surface area (Å²) in [4.78, 5) is 0. The minimum Gasteiger partial charge on any atom is -0.507 e. The van der Waals surface area contributed by atoms with Crippen molar-refractivity contribution in [2.45, 2.75) is 51.4 Å². The van der Waals surface area contributed by atoms with Crippen molar-refractivity contribution in [1.82, 2.24) is 0 Å². The molecule has 0 saturated heterocycles. The standard InChI is InChI=1S/C24H32N2O6/c1-31-17-11-13-23(27)19(15-17)21(25-29)9-7-5-3-4-6-8-10-22(26-30)20-16-18(32-2)12-14-24(20)28/h11-16,27-30H,3-10H2,1-2H3/b25-21-,26-22-. The van der Waals surface area contributed by atoms with Crippen molar-refractivity contribution in [3.63, 3.8) is 0 Å². The second kappa shape index (κ2) is 13.1. The van der Waals surface area contributed by atoms with Crippen LogP contribution in [0.15, 0.2) is 46.7 Å². The average Bonchev–Trinajstić information content (AvgIpc) is 2.82. The molecule has 0 unspecified atom stereocenters. The molecule has 0 aliphatic carbocycles. The first kappa shape index (κ1) is 24.8. The first-order valence-corrected chi connectivity index (χ1v) is 10.7. The van der Waals surface area contributed by atoms with Crippen LogP contribution in [-0.4, -0.2) is 46.3 Å². The fourth-order valence-corrected chi connectivity index (χ4v) is 3.52. The summed E-state index contributed by atoms with van der Waals surface area (Å²) in [6.45, 7) is 0. The number of benzene rings is 2. The highest BCUT2D eigenvalue weighted by Crippen LogP contribution is 2.27. The first-order valence-electron chi connectivity index (χ1n) is 10.7. The Morgan fingerprint density at radius 2 is 1.03 bits per heavy atom. The number of methoxy groups -OCH3 is 2. The number of unbranched alkanes of at least 4 members (excludes halogenated alkanes) is 5. The van der Waals surface area contributed by atoms with Crippen LogP contribution in [0.4, 0.5) is 0 Å². The van der Waals surface area contributed by atoms with Crippen LogP contribution < -0.4 is 9.47 Å². The molecule has 0 fully saturated rings. The zero-order valence-electron chi connectivity index (χ0n) is 18.6. The minimum absolute atomic E-state index is 0.0574. The highest BCUT2D eigenvalue weighted by molar-refractivity contribution is 6.03. The fourth-order valence-electron chi connectivity index (χ4n) is 3.52. The van der Waals surface area contributed by atoms with Crippen molar-refractivity contribution >= 4 is 11.4 Å².